The Morgan fingerprint density at radius 1 is 1.18 bits per heavy atom. The SMILES string of the molecule is CC(C)C1=C[C@@]23CC[C@@H]4[C@](C)(CCC[C@@]4(C)C(=O)O)[C@@H]2C[C@@H]1[C@H](C#N)[C@@H]3C#N. The zero-order valence-electron chi connectivity index (χ0n) is 17.5. The van der Waals surface area contributed by atoms with Crippen LogP contribution >= 0.6 is 0 Å². The summed E-state index contributed by atoms with van der Waals surface area (Å²) >= 11 is 0. The average molecular weight is 381 g/mol. The highest BCUT2D eigenvalue weighted by atomic mass is 16.4. The van der Waals surface area contributed by atoms with Crippen LogP contribution in [0.4, 0.5) is 0 Å². The zero-order chi connectivity index (χ0) is 20.5. The summed E-state index contributed by atoms with van der Waals surface area (Å²) in [4.78, 5) is 12.2. The van der Waals surface area contributed by atoms with Gasteiger partial charge in [-0.15, -0.1) is 0 Å². The third-order valence-corrected chi connectivity index (χ3v) is 9.46. The molecule has 3 fully saturated rings. The minimum absolute atomic E-state index is 0.0730. The number of hydrogen-bond acceptors (Lipinski definition) is 3. The van der Waals surface area contributed by atoms with Gasteiger partial charge in [0.2, 0.25) is 0 Å². The monoisotopic (exact) mass is 380 g/mol. The van der Waals surface area contributed by atoms with Crippen LogP contribution in [0.25, 0.3) is 0 Å². The van der Waals surface area contributed by atoms with Gasteiger partial charge in [-0.25, -0.2) is 0 Å². The maximum atomic E-state index is 12.2. The number of carbonyl (C=O) groups is 1. The molecule has 2 bridgehead atoms. The average Bonchev–Trinajstić information content (AvgIpc) is 2.65. The largest absolute Gasteiger partial charge is 0.481 e. The van der Waals surface area contributed by atoms with Gasteiger partial charge in [0, 0.05) is 5.41 Å². The topological polar surface area (TPSA) is 84.9 Å². The van der Waals surface area contributed by atoms with Crippen molar-refractivity contribution in [3.63, 3.8) is 0 Å². The van der Waals surface area contributed by atoms with Gasteiger partial charge in [0.25, 0.3) is 0 Å². The van der Waals surface area contributed by atoms with E-state index in [1.54, 1.807) is 0 Å². The van der Waals surface area contributed by atoms with Crippen molar-refractivity contribution in [2.75, 3.05) is 0 Å². The van der Waals surface area contributed by atoms with E-state index in [1.807, 2.05) is 6.92 Å². The molecule has 1 spiro atoms. The molecule has 0 unspecified atom stereocenters. The van der Waals surface area contributed by atoms with E-state index in [9.17, 15) is 20.4 Å². The first-order valence-electron chi connectivity index (χ1n) is 10.9. The molecular weight excluding hydrogens is 348 g/mol. The van der Waals surface area contributed by atoms with Crippen LogP contribution in [0.1, 0.15) is 66.2 Å². The van der Waals surface area contributed by atoms with E-state index in [0.717, 1.165) is 38.5 Å². The van der Waals surface area contributed by atoms with Crippen LogP contribution in [0.15, 0.2) is 11.6 Å². The molecule has 0 aromatic carbocycles. The molecule has 0 heterocycles. The molecule has 1 N–H and O–H groups in total. The summed E-state index contributed by atoms with van der Waals surface area (Å²) in [7, 11) is 0. The van der Waals surface area contributed by atoms with Crippen LogP contribution < -0.4 is 0 Å². The smallest absolute Gasteiger partial charge is 0.309 e. The molecule has 0 amide bonds. The van der Waals surface area contributed by atoms with Crippen LogP contribution in [0.3, 0.4) is 0 Å². The lowest BCUT2D eigenvalue weighted by Crippen LogP contribution is -2.64. The Labute approximate surface area is 168 Å². The Morgan fingerprint density at radius 2 is 1.89 bits per heavy atom. The van der Waals surface area contributed by atoms with Gasteiger partial charge in [-0.1, -0.05) is 38.8 Å². The Morgan fingerprint density at radius 3 is 2.46 bits per heavy atom. The summed E-state index contributed by atoms with van der Waals surface area (Å²) in [6, 6.07) is 5.07. The molecule has 5 rings (SSSR count). The number of rotatable bonds is 2. The number of aliphatic carboxylic acids is 1. The van der Waals surface area contributed by atoms with Gasteiger partial charge in [0.05, 0.1) is 29.4 Å². The molecule has 0 saturated heterocycles. The molecule has 5 aliphatic rings. The summed E-state index contributed by atoms with van der Waals surface area (Å²) in [5, 5.41) is 30.1. The molecule has 8 atom stereocenters. The summed E-state index contributed by atoms with van der Waals surface area (Å²) in [5.74, 6) is -0.158. The zero-order valence-corrected chi connectivity index (χ0v) is 17.5. The first-order chi connectivity index (χ1) is 13.2. The van der Waals surface area contributed by atoms with Crippen LogP contribution in [0.5, 0.6) is 0 Å². The van der Waals surface area contributed by atoms with Gasteiger partial charge >= 0.3 is 5.97 Å². The van der Waals surface area contributed by atoms with Crippen LogP contribution in [0, 0.1) is 74.4 Å². The van der Waals surface area contributed by atoms with Crippen molar-refractivity contribution in [1.29, 1.82) is 10.5 Å². The summed E-state index contributed by atoms with van der Waals surface area (Å²) < 4.78 is 0. The van der Waals surface area contributed by atoms with Crippen LogP contribution in [-0.4, -0.2) is 11.1 Å². The number of allylic oxidation sites excluding steroid dienone is 2. The Kier molecular flexibility index (Phi) is 4.24. The quantitative estimate of drug-likeness (QED) is 0.669. The maximum Gasteiger partial charge on any atom is 0.309 e. The lowest BCUT2D eigenvalue weighted by atomic mass is 9.34. The van der Waals surface area contributed by atoms with E-state index < -0.39 is 11.4 Å². The van der Waals surface area contributed by atoms with Crippen molar-refractivity contribution in [1.82, 2.24) is 0 Å². The fraction of sp³-hybridized carbons (Fsp3) is 0.792. The van der Waals surface area contributed by atoms with Crippen molar-refractivity contribution < 1.29 is 9.90 Å². The highest BCUT2D eigenvalue weighted by Crippen LogP contribution is 2.73. The molecule has 0 aliphatic heterocycles. The fourth-order valence-electron chi connectivity index (χ4n) is 8.23. The van der Waals surface area contributed by atoms with Crippen LogP contribution in [0.2, 0.25) is 0 Å². The van der Waals surface area contributed by atoms with E-state index in [1.165, 1.54) is 5.57 Å². The molecule has 0 radical (unpaired) electrons. The summed E-state index contributed by atoms with van der Waals surface area (Å²) in [5.41, 5.74) is 0.363. The predicted molar refractivity (Wildman–Crippen MR) is 106 cm³/mol. The number of hydrogen-bond donors (Lipinski definition) is 1. The second-order valence-electron chi connectivity index (χ2n) is 10.7. The van der Waals surface area contributed by atoms with Crippen molar-refractivity contribution in [3.05, 3.63) is 11.6 Å². The van der Waals surface area contributed by atoms with Gasteiger partial charge in [0.15, 0.2) is 0 Å². The van der Waals surface area contributed by atoms with Crippen molar-refractivity contribution in [2.24, 2.45) is 51.8 Å². The minimum Gasteiger partial charge on any atom is -0.481 e. The number of nitriles is 2. The molecule has 4 nitrogen and oxygen atoms in total. The number of carboxylic acids is 1. The third-order valence-electron chi connectivity index (χ3n) is 9.46. The van der Waals surface area contributed by atoms with Gasteiger partial charge < -0.3 is 5.11 Å². The molecule has 5 aliphatic carbocycles. The van der Waals surface area contributed by atoms with Gasteiger partial charge in [-0.3, -0.25) is 4.79 Å². The van der Waals surface area contributed by atoms with Gasteiger partial charge in [-0.05, 0) is 68.1 Å². The van der Waals surface area contributed by atoms with Gasteiger partial charge in [0.1, 0.15) is 0 Å². The second kappa shape index (κ2) is 6.09. The van der Waals surface area contributed by atoms with Gasteiger partial charge in [-0.2, -0.15) is 10.5 Å². The molecule has 3 saturated carbocycles. The van der Waals surface area contributed by atoms with E-state index in [2.05, 4.69) is 39.0 Å². The summed E-state index contributed by atoms with van der Waals surface area (Å²) in [6.07, 6.45) is 7.78. The van der Waals surface area contributed by atoms with E-state index >= 15 is 0 Å². The molecular formula is C24H32N2O2. The Balaban J connectivity index is 1.86. The number of nitrogens with zero attached hydrogens (tertiary/aromatic N) is 2. The van der Waals surface area contributed by atoms with Crippen molar-refractivity contribution in [2.45, 2.75) is 66.2 Å². The van der Waals surface area contributed by atoms with Crippen molar-refractivity contribution in [3.8, 4) is 12.1 Å². The molecule has 150 valence electrons. The first-order valence-corrected chi connectivity index (χ1v) is 10.9. The molecule has 4 heteroatoms. The lowest BCUT2D eigenvalue weighted by molar-refractivity contribution is -0.188. The van der Waals surface area contributed by atoms with E-state index in [4.69, 9.17) is 0 Å². The Bertz CT molecular complexity index is 817. The van der Waals surface area contributed by atoms with E-state index in [0.29, 0.717) is 11.8 Å². The highest BCUT2D eigenvalue weighted by Gasteiger charge is 2.68. The molecule has 0 aromatic rings. The first kappa shape index (κ1) is 19.5. The number of fused-ring (bicyclic) bond motifs is 2. The minimum atomic E-state index is -0.674. The Hall–Kier alpha value is -1.81. The molecule has 28 heavy (non-hydrogen) atoms. The highest BCUT2D eigenvalue weighted by molar-refractivity contribution is 5.75. The standard InChI is InChI=1S/C24H32N2O2/c1-14(2)16-11-24-9-6-19-22(3,7-5-8-23(19,4)21(27)28)20(24)10-15(16)17(12-25)18(24)13-26/h11,14-15,17-20H,5-10H2,1-4H3,(H,27,28)/t15-,17-,18-,19+,20-,22-,23+,24+/m0/s1. The van der Waals surface area contributed by atoms with Crippen molar-refractivity contribution >= 4 is 5.97 Å². The molecule has 0 aromatic heterocycles. The van der Waals surface area contributed by atoms with E-state index in [-0.39, 0.29) is 34.5 Å². The summed E-state index contributed by atoms with van der Waals surface area (Å²) in [6.45, 7) is 8.65. The fourth-order valence-corrected chi connectivity index (χ4v) is 8.23. The second-order valence-corrected chi connectivity index (χ2v) is 10.7. The lowest BCUT2D eigenvalue weighted by Gasteiger charge is -2.68. The number of carboxylic acid groups (broad SMARTS) is 1. The predicted octanol–water partition coefficient (Wildman–Crippen LogP) is 5.18. The third kappa shape index (κ3) is 2.18. The van der Waals surface area contributed by atoms with Crippen LogP contribution in [-0.2, 0) is 4.79 Å². The maximum absolute atomic E-state index is 12.2. The normalized spacial score (nSPS) is 49.4.